The predicted molar refractivity (Wildman–Crippen MR) is 64.2 cm³/mol. The van der Waals surface area contributed by atoms with Gasteiger partial charge in [0.1, 0.15) is 0 Å². The molecule has 0 aliphatic heterocycles. The molecule has 0 aromatic heterocycles. The van der Waals surface area contributed by atoms with E-state index in [1.54, 1.807) is 5.57 Å². The average molecular weight is 190 g/mol. The van der Waals surface area contributed by atoms with Crippen LogP contribution >= 0.6 is 0 Å². The highest BCUT2D eigenvalue weighted by atomic mass is 14.3. The molecule has 0 spiro atoms. The number of allylic oxidation sites excluding steroid dienone is 5. The third-order valence-corrected chi connectivity index (χ3v) is 3.29. The van der Waals surface area contributed by atoms with E-state index in [-0.39, 0.29) is 0 Å². The predicted octanol–water partition coefficient (Wildman–Crippen LogP) is 4.50. The van der Waals surface area contributed by atoms with Crippen molar-refractivity contribution in [1.29, 1.82) is 0 Å². The summed E-state index contributed by atoms with van der Waals surface area (Å²) in [6.07, 6.45) is 10.5. The Balaban J connectivity index is 2.61. The van der Waals surface area contributed by atoms with E-state index in [1.165, 1.54) is 24.8 Å². The van der Waals surface area contributed by atoms with Crippen LogP contribution in [0.3, 0.4) is 0 Å². The first-order chi connectivity index (χ1) is 6.65. The minimum Gasteiger partial charge on any atom is -0.0998 e. The summed E-state index contributed by atoms with van der Waals surface area (Å²) >= 11 is 0. The third kappa shape index (κ3) is 2.87. The van der Waals surface area contributed by atoms with E-state index < -0.39 is 0 Å². The van der Waals surface area contributed by atoms with E-state index in [1.807, 2.05) is 0 Å². The van der Waals surface area contributed by atoms with Gasteiger partial charge in [-0.2, -0.15) is 0 Å². The molecule has 2 atom stereocenters. The molecule has 0 bridgehead atoms. The van der Waals surface area contributed by atoms with Gasteiger partial charge in [-0.25, -0.2) is 0 Å². The van der Waals surface area contributed by atoms with Crippen molar-refractivity contribution in [1.82, 2.24) is 0 Å². The topological polar surface area (TPSA) is 0 Å². The van der Waals surface area contributed by atoms with Crippen LogP contribution in [0.25, 0.3) is 0 Å². The fourth-order valence-corrected chi connectivity index (χ4v) is 2.11. The maximum atomic E-state index is 4.07. The van der Waals surface area contributed by atoms with Crippen LogP contribution in [0.15, 0.2) is 36.0 Å². The van der Waals surface area contributed by atoms with Gasteiger partial charge in [0.05, 0.1) is 0 Å². The Kier molecular flexibility index (Phi) is 4.19. The van der Waals surface area contributed by atoms with Gasteiger partial charge >= 0.3 is 0 Å². The molecule has 0 amide bonds. The molecule has 1 aliphatic carbocycles. The summed E-state index contributed by atoms with van der Waals surface area (Å²) < 4.78 is 0. The summed E-state index contributed by atoms with van der Waals surface area (Å²) in [7, 11) is 0. The highest BCUT2D eigenvalue weighted by Crippen LogP contribution is 2.34. The lowest BCUT2D eigenvalue weighted by Crippen LogP contribution is -2.15. The van der Waals surface area contributed by atoms with Crippen LogP contribution in [-0.2, 0) is 0 Å². The van der Waals surface area contributed by atoms with Crippen molar-refractivity contribution in [2.45, 2.75) is 40.0 Å². The highest BCUT2D eigenvalue weighted by Gasteiger charge is 2.21. The molecule has 0 radical (unpaired) electrons. The summed E-state index contributed by atoms with van der Waals surface area (Å²) in [5.41, 5.74) is 2.92. The Morgan fingerprint density at radius 1 is 1.64 bits per heavy atom. The second kappa shape index (κ2) is 5.19. The van der Waals surface area contributed by atoms with E-state index >= 15 is 0 Å². The zero-order valence-corrected chi connectivity index (χ0v) is 9.72. The smallest absolute Gasteiger partial charge is 0.0166 e. The summed E-state index contributed by atoms with van der Waals surface area (Å²) in [5, 5.41) is 0. The lowest BCUT2D eigenvalue weighted by atomic mass is 9.77. The van der Waals surface area contributed by atoms with Crippen molar-refractivity contribution in [3.8, 4) is 0 Å². The highest BCUT2D eigenvalue weighted by molar-refractivity contribution is 5.14. The van der Waals surface area contributed by atoms with Crippen molar-refractivity contribution in [2.75, 3.05) is 0 Å². The van der Waals surface area contributed by atoms with Gasteiger partial charge in [0.25, 0.3) is 0 Å². The lowest BCUT2D eigenvalue weighted by molar-refractivity contribution is 0.428. The zero-order chi connectivity index (χ0) is 10.6. The van der Waals surface area contributed by atoms with Gasteiger partial charge in [0.15, 0.2) is 0 Å². The number of rotatable bonds is 3. The number of hydrogen-bond donors (Lipinski definition) is 0. The molecule has 0 saturated carbocycles. The average Bonchev–Trinajstić information content (AvgIpc) is 2.16. The SMILES string of the molecule is C=C(C)[C@@H]1CC=C(C)C(C/C=C/C)C1. The maximum absolute atomic E-state index is 4.07. The molecule has 0 saturated heterocycles. The number of hydrogen-bond acceptors (Lipinski definition) is 0. The molecule has 1 unspecified atom stereocenters. The largest absolute Gasteiger partial charge is 0.0998 e. The Morgan fingerprint density at radius 3 is 2.93 bits per heavy atom. The third-order valence-electron chi connectivity index (χ3n) is 3.29. The minimum absolute atomic E-state index is 0.717. The fraction of sp³-hybridized carbons (Fsp3) is 0.571. The lowest BCUT2D eigenvalue weighted by Gasteiger charge is -2.28. The van der Waals surface area contributed by atoms with Gasteiger partial charge in [-0.1, -0.05) is 36.0 Å². The molecule has 0 nitrogen and oxygen atoms in total. The summed E-state index contributed by atoms with van der Waals surface area (Å²) in [5.74, 6) is 1.47. The van der Waals surface area contributed by atoms with Crippen LogP contribution in [0.2, 0.25) is 0 Å². The molecular formula is C14H22. The standard InChI is InChI=1S/C14H22/c1-5-6-7-14-10-13(11(2)3)9-8-12(14)4/h5-6,8,13-14H,2,7,9-10H2,1,3-4H3/b6-5+/t13-,14?/m1/s1. The zero-order valence-electron chi connectivity index (χ0n) is 9.72. The molecule has 1 aliphatic rings. The summed E-state index contributed by atoms with van der Waals surface area (Å²) in [6, 6.07) is 0. The van der Waals surface area contributed by atoms with Crippen LogP contribution in [0.1, 0.15) is 40.0 Å². The minimum atomic E-state index is 0.717. The molecule has 0 heterocycles. The van der Waals surface area contributed by atoms with E-state index in [2.05, 4.69) is 45.6 Å². The van der Waals surface area contributed by atoms with Gasteiger partial charge in [0, 0.05) is 0 Å². The van der Waals surface area contributed by atoms with Crippen molar-refractivity contribution in [2.24, 2.45) is 11.8 Å². The van der Waals surface area contributed by atoms with Gasteiger partial charge in [-0.15, -0.1) is 0 Å². The van der Waals surface area contributed by atoms with Gasteiger partial charge in [-0.05, 0) is 51.9 Å². The second-order valence-corrected chi connectivity index (χ2v) is 4.46. The van der Waals surface area contributed by atoms with E-state index in [0.717, 1.165) is 5.92 Å². The van der Waals surface area contributed by atoms with Gasteiger partial charge < -0.3 is 0 Å². The Morgan fingerprint density at radius 2 is 2.36 bits per heavy atom. The van der Waals surface area contributed by atoms with Crippen molar-refractivity contribution >= 4 is 0 Å². The molecule has 0 fully saturated rings. The maximum Gasteiger partial charge on any atom is -0.0166 e. The van der Waals surface area contributed by atoms with Gasteiger partial charge in [0.2, 0.25) is 0 Å². The molecule has 0 aromatic carbocycles. The van der Waals surface area contributed by atoms with Gasteiger partial charge in [-0.3, -0.25) is 0 Å². The van der Waals surface area contributed by atoms with Crippen LogP contribution in [0.5, 0.6) is 0 Å². The van der Waals surface area contributed by atoms with Crippen LogP contribution in [0, 0.1) is 11.8 Å². The normalized spacial score (nSPS) is 27.8. The Labute approximate surface area is 88.4 Å². The van der Waals surface area contributed by atoms with Crippen LogP contribution in [0.4, 0.5) is 0 Å². The first kappa shape index (κ1) is 11.3. The molecule has 1 rings (SSSR count). The summed E-state index contributed by atoms with van der Waals surface area (Å²) in [6.45, 7) is 10.6. The monoisotopic (exact) mass is 190 g/mol. The Hall–Kier alpha value is -0.780. The first-order valence-corrected chi connectivity index (χ1v) is 5.58. The first-order valence-electron chi connectivity index (χ1n) is 5.58. The molecule has 0 heteroatoms. The molecular weight excluding hydrogens is 168 g/mol. The quantitative estimate of drug-likeness (QED) is 0.575. The molecule has 14 heavy (non-hydrogen) atoms. The second-order valence-electron chi connectivity index (χ2n) is 4.46. The molecule has 0 N–H and O–H groups in total. The van der Waals surface area contributed by atoms with E-state index in [0.29, 0.717) is 5.92 Å². The van der Waals surface area contributed by atoms with E-state index in [9.17, 15) is 0 Å². The summed E-state index contributed by atoms with van der Waals surface area (Å²) in [4.78, 5) is 0. The van der Waals surface area contributed by atoms with Crippen LogP contribution in [-0.4, -0.2) is 0 Å². The Bertz CT molecular complexity index is 255. The van der Waals surface area contributed by atoms with E-state index in [4.69, 9.17) is 0 Å². The van der Waals surface area contributed by atoms with Crippen molar-refractivity contribution in [3.05, 3.63) is 36.0 Å². The van der Waals surface area contributed by atoms with Crippen molar-refractivity contribution < 1.29 is 0 Å². The molecule has 78 valence electrons. The fourth-order valence-electron chi connectivity index (χ4n) is 2.11. The van der Waals surface area contributed by atoms with Crippen LogP contribution < -0.4 is 0 Å². The van der Waals surface area contributed by atoms with Crippen molar-refractivity contribution in [3.63, 3.8) is 0 Å². The molecule has 0 aromatic rings.